The van der Waals surface area contributed by atoms with Gasteiger partial charge in [0.25, 0.3) is 5.91 Å². The van der Waals surface area contributed by atoms with E-state index in [1.807, 2.05) is 10.6 Å². The SMILES string of the molecule is C=Cc1ncc(C(=O)Nc2cn(Cc3cccc(C)c3)cn2)cc1Br. The number of nitrogens with one attached hydrogen (secondary N) is 1. The first kappa shape index (κ1) is 17.1. The first-order valence-electron chi connectivity index (χ1n) is 7.72. The summed E-state index contributed by atoms with van der Waals surface area (Å²) in [5.41, 5.74) is 3.54. The summed E-state index contributed by atoms with van der Waals surface area (Å²) in [7, 11) is 0. The van der Waals surface area contributed by atoms with E-state index in [2.05, 4.69) is 62.9 Å². The number of amides is 1. The van der Waals surface area contributed by atoms with Crippen molar-refractivity contribution in [1.82, 2.24) is 14.5 Å². The Balaban J connectivity index is 1.69. The molecule has 0 radical (unpaired) electrons. The maximum Gasteiger partial charge on any atom is 0.258 e. The normalized spacial score (nSPS) is 10.5. The Bertz CT molecular complexity index is 933. The van der Waals surface area contributed by atoms with E-state index >= 15 is 0 Å². The molecule has 1 aromatic carbocycles. The lowest BCUT2D eigenvalue weighted by Crippen LogP contribution is -2.12. The third-order valence-corrected chi connectivity index (χ3v) is 4.28. The number of pyridine rings is 1. The van der Waals surface area contributed by atoms with Crippen molar-refractivity contribution in [2.45, 2.75) is 13.5 Å². The zero-order valence-corrected chi connectivity index (χ0v) is 15.3. The molecule has 2 aromatic heterocycles. The summed E-state index contributed by atoms with van der Waals surface area (Å²) in [6, 6.07) is 10.00. The van der Waals surface area contributed by atoms with Crippen molar-refractivity contribution < 1.29 is 4.79 Å². The lowest BCUT2D eigenvalue weighted by molar-refractivity contribution is 0.102. The van der Waals surface area contributed by atoms with Crippen LogP contribution in [0.4, 0.5) is 5.82 Å². The summed E-state index contributed by atoms with van der Waals surface area (Å²) in [6.07, 6.45) is 6.65. The van der Waals surface area contributed by atoms with Gasteiger partial charge in [-0.3, -0.25) is 9.78 Å². The van der Waals surface area contributed by atoms with E-state index < -0.39 is 0 Å². The molecule has 0 saturated heterocycles. The Morgan fingerprint density at radius 1 is 1.36 bits per heavy atom. The smallest absolute Gasteiger partial charge is 0.258 e. The number of anilines is 1. The molecule has 0 saturated carbocycles. The average Bonchev–Trinajstić information content (AvgIpc) is 3.01. The van der Waals surface area contributed by atoms with Crippen molar-refractivity contribution in [3.63, 3.8) is 0 Å². The monoisotopic (exact) mass is 396 g/mol. The molecule has 2 heterocycles. The number of imidazole rings is 1. The molecular weight excluding hydrogens is 380 g/mol. The average molecular weight is 397 g/mol. The van der Waals surface area contributed by atoms with Crippen molar-refractivity contribution >= 4 is 33.7 Å². The fourth-order valence-corrected chi connectivity index (χ4v) is 2.95. The van der Waals surface area contributed by atoms with Crippen molar-refractivity contribution in [2.75, 3.05) is 5.32 Å². The van der Waals surface area contributed by atoms with Crippen LogP contribution in [-0.4, -0.2) is 20.4 Å². The second-order valence-corrected chi connectivity index (χ2v) is 6.52. The second kappa shape index (κ2) is 7.44. The number of aryl methyl sites for hydroxylation is 1. The number of hydrogen-bond donors (Lipinski definition) is 1. The van der Waals surface area contributed by atoms with Crippen LogP contribution < -0.4 is 5.32 Å². The molecule has 0 unspecified atom stereocenters. The molecular formula is C19H17BrN4O. The van der Waals surface area contributed by atoms with Gasteiger partial charge in [-0.25, -0.2) is 4.98 Å². The van der Waals surface area contributed by atoms with Crippen LogP contribution in [0.15, 0.2) is 60.1 Å². The Morgan fingerprint density at radius 3 is 2.92 bits per heavy atom. The summed E-state index contributed by atoms with van der Waals surface area (Å²) in [5.74, 6) is 0.242. The standard InChI is InChI=1S/C19H17BrN4O/c1-3-17-16(20)8-15(9-21-17)19(25)23-18-11-24(12-22-18)10-14-6-4-5-13(2)7-14/h3-9,11-12H,1,10H2,2H3,(H,23,25). The molecule has 0 atom stereocenters. The van der Waals surface area contributed by atoms with Gasteiger partial charge in [-0.05, 0) is 40.6 Å². The second-order valence-electron chi connectivity index (χ2n) is 5.67. The van der Waals surface area contributed by atoms with Gasteiger partial charge < -0.3 is 9.88 Å². The molecule has 3 aromatic rings. The van der Waals surface area contributed by atoms with Crippen LogP contribution in [-0.2, 0) is 6.54 Å². The first-order valence-corrected chi connectivity index (χ1v) is 8.51. The number of hydrogen-bond acceptors (Lipinski definition) is 3. The molecule has 0 aliphatic heterocycles. The molecule has 5 nitrogen and oxygen atoms in total. The van der Waals surface area contributed by atoms with Gasteiger partial charge in [0.2, 0.25) is 0 Å². The van der Waals surface area contributed by atoms with Crippen LogP contribution in [0.5, 0.6) is 0 Å². The Morgan fingerprint density at radius 2 is 2.20 bits per heavy atom. The molecule has 25 heavy (non-hydrogen) atoms. The molecule has 126 valence electrons. The molecule has 0 aliphatic carbocycles. The molecule has 1 amide bonds. The quantitative estimate of drug-likeness (QED) is 0.699. The van der Waals surface area contributed by atoms with E-state index in [1.54, 1.807) is 24.7 Å². The number of benzene rings is 1. The molecule has 0 spiro atoms. The van der Waals surface area contributed by atoms with Gasteiger partial charge in [0.1, 0.15) is 0 Å². The summed E-state index contributed by atoms with van der Waals surface area (Å²) in [4.78, 5) is 20.7. The van der Waals surface area contributed by atoms with Gasteiger partial charge in [-0.15, -0.1) is 0 Å². The predicted octanol–water partition coefficient (Wildman–Crippen LogP) is 4.29. The first-order chi connectivity index (χ1) is 12.0. The minimum absolute atomic E-state index is 0.260. The Hall–Kier alpha value is -2.73. The van der Waals surface area contributed by atoms with Gasteiger partial charge in [0, 0.05) is 23.4 Å². The van der Waals surface area contributed by atoms with Gasteiger partial charge in [0.15, 0.2) is 5.82 Å². The summed E-state index contributed by atoms with van der Waals surface area (Å²) in [6.45, 7) is 6.43. The van der Waals surface area contributed by atoms with Gasteiger partial charge in [-0.1, -0.05) is 36.4 Å². The minimum Gasteiger partial charge on any atom is -0.331 e. The van der Waals surface area contributed by atoms with E-state index in [0.717, 1.165) is 4.47 Å². The Kier molecular flexibility index (Phi) is 5.09. The predicted molar refractivity (Wildman–Crippen MR) is 102 cm³/mol. The maximum absolute atomic E-state index is 12.3. The highest BCUT2D eigenvalue weighted by Crippen LogP contribution is 2.18. The molecule has 0 fully saturated rings. The van der Waals surface area contributed by atoms with Crippen LogP contribution >= 0.6 is 15.9 Å². The summed E-state index contributed by atoms with van der Waals surface area (Å²) in [5, 5.41) is 2.78. The van der Waals surface area contributed by atoms with E-state index in [-0.39, 0.29) is 5.91 Å². The van der Waals surface area contributed by atoms with Gasteiger partial charge >= 0.3 is 0 Å². The van der Waals surface area contributed by atoms with Gasteiger partial charge in [0.05, 0.1) is 17.6 Å². The highest BCUT2D eigenvalue weighted by molar-refractivity contribution is 9.10. The molecule has 0 aliphatic rings. The van der Waals surface area contributed by atoms with E-state index in [1.165, 1.54) is 17.3 Å². The van der Waals surface area contributed by atoms with Crippen LogP contribution in [0.3, 0.4) is 0 Å². The van der Waals surface area contributed by atoms with E-state index in [4.69, 9.17) is 0 Å². The number of aromatic nitrogens is 3. The topological polar surface area (TPSA) is 59.8 Å². The highest BCUT2D eigenvalue weighted by Gasteiger charge is 2.10. The van der Waals surface area contributed by atoms with E-state index in [9.17, 15) is 4.79 Å². The minimum atomic E-state index is -0.260. The van der Waals surface area contributed by atoms with Crippen LogP contribution in [0, 0.1) is 6.92 Å². The number of carbonyl (C=O) groups is 1. The largest absolute Gasteiger partial charge is 0.331 e. The van der Waals surface area contributed by atoms with Crippen LogP contribution in [0.25, 0.3) is 6.08 Å². The summed E-state index contributed by atoms with van der Waals surface area (Å²) < 4.78 is 2.65. The fraction of sp³-hybridized carbons (Fsp3) is 0.105. The van der Waals surface area contributed by atoms with Crippen molar-refractivity contribution in [1.29, 1.82) is 0 Å². The highest BCUT2D eigenvalue weighted by atomic mass is 79.9. The third-order valence-electron chi connectivity index (χ3n) is 3.65. The maximum atomic E-state index is 12.3. The number of nitrogens with zero attached hydrogens (tertiary/aromatic N) is 3. The zero-order chi connectivity index (χ0) is 17.8. The van der Waals surface area contributed by atoms with Crippen molar-refractivity contribution in [2.24, 2.45) is 0 Å². The molecule has 1 N–H and O–H groups in total. The number of carbonyl (C=O) groups excluding carboxylic acids is 1. The zero-order valence-electron chi connectivity index (χ0n) is 13.7. The lowest BCUT2D eigenvalue weighted by atomic mass is 10.1. The van der Waals surface area contributed by atoms with Gasteiger partial charge in [-0.2, -0.15) is 0 Å². The summed E-state index contributed by atoms with van der Waals surface area (Å²) >= 11 is 3.37. The molecule has 0 bridgehead atoms. The fourth-order valence-electron chi connectivity index (χ4n) is 2.44. The molecule has 3 rings (SSSR count). The van der Waals surface area contributed by atoms with Crippen LogP contribution in [0.1, 0.15) is 27.2 Å². The Labute approximate surface area is 154 Å². The lowest BCUT2D eigenvalue weighted by Gasteiger charge is -2.05. The third kappa shape index (κ3) is 4.22. The molecule has 6 heteroatoms. The van der Waals surface area contributed by atoms with Crippen molar-refractivity contribution in [3.8, 4) is 0 Å². The van der Waals surface area contributed by atoms with Crippen molar-refractivity contribution in [3.05, 3.63) is 82.5 Å². The van der Waals surface area contributed by atoms with Crippen LogP contribution in [0.2, 0.25) is 0 Å². The number of halogens is 1. The number of rotatable bonds is 5. The van der Waals surface area contributed by atoms with E-state index in [0.29, 0.717) is 23.6 Å².